The van der Waals surface area contributed by atoms with E-state index in [-0.39, 0.29) is 0 Å². The fourth-order valence-corrected chi connectivity index (χ4v) is 3.11. The summed E-state index contributed by atoms with van der Waals surface area (Å²) in [5.74, 6) is 3.09. The third-order valence-corrected chi connectivity index (χ3v) is 4.54. The standard InChI is InChI=1S/C18H38O2/c1-14(2)9-8-10-16(5)18(15(3)4)13-17(20-7)11-12-19-6/h14-18H,8-13H2,1-7H3. The molecule has 0 saturated carbocycles. The number of hydrogen-bond acceptors (Lipinski definition) is 2. The Morgan fingerprint density at radius 3 is 1.95 bits per heavy atom. The average Bonchev–Trinajstić information content (AvgIpc) is 2.38. The molecule has 0 aliphatic heterocycles. The fraction of sp³-hybridized carbons (Fsp3) is 1.00. The van der Waals surface area contributed by atoms with E-state index in [0.717, 1.165) is 36.7 Å². The van der Waals surface area contributed by atoms with Crippen molar-refractivity contribution in [3.63, 3.8) is 0 Å². The lowest BCUT2D eigenvalue weighted by Crippen LogP contribution is -2.26. The molecule has 0 amide bonds. The van der Waals surface area contributed by atoms with Crippen LogP contribution in [-0.4, -0.2) is 26.9 Å². The predicted octanol–water partition coefficient (Wildman–Crippen LogP) is 5.16. The molecule has 0 heterocycles. The summed E-state index contributed by atoms with van der Waals surface area (Å²) in [5.41, 5.74) is 0. The van der Waals surface area contributed by atoms with Gasteiger partial charge in [-0.15, -0.1) is 0 Å². The molecular weight excluding hydrogens is 248 g/mol. The number of hydrogen-bond donors (Lipinski definition) is 0. The smallest absolute Gasteiger partial charge is 0.0596 e. The highest BCUT2D eigenvalue weighted by Crippen LogP contribution is 2.31. The molecule has 0 aromatic heterocycles. The van der Waals surface area contributed by atoms with Crippen molar-refractivity contribution in [3.8, 4) is 0 Å². The van der Waals surface area contributed by atoms with Crippen LogP contribution >= 0.6 is 0 Å². The quantitative estimate of drug-likeness (QED) is 0.493. The summed E-state index contributed by atoms with van der Waals surface area (Å²) in [6.45, 7) is 12.6. The van der Waals surface area contributed by atoms with Gasteiger partial charge < -0.3 is 9.47 Å². The molecule has 2 heteroatoms. The zero-order valence-corrected chi connectivity index (χ0v) is 14.9. The van der Waals surface area contributed by atoms with E-state index >= 15 is 0 Å². The van der Waals surface area contributed by atoms with Crippen LogP contribution in [0.3, 0.4) is 0 Å². The van der Waals surface area contributed by atoms with Crippen LogP contribution in [0.4, 0.5) is 0 Å². The molecule has 3 unspecified atom stereocenters. The van der Waals surface area contributed by atoms with E-state index in [1.807, 2.05) is 7.11 Å². The molecule has 0 aliphatic rings. The Morgan fingerprint density at radius 2 is 1.50 bits per heavy atom. The maximum atomic E-state index is 5.65. The summed E-state index contributed by atoms with van der Waals surface area (Å²) >= 11 is 0. The largest absolute Gasteiger partial charge is 0.385 e. The molecule has 0 radical (unpaired) electrons. The highest BCUT2D eigenvalue weighted by atomic mass is 16.5. The van der Waals surface area contributed by atoms with Gasteiger partial charge >= 0.3 is 0 Å². The minimum Gasteiger partial charge on any atom is -0.385 e. The van der Waals surface area contributed by atoms with Crippen molar-refractivity contribution in [2.75, 3.05) is 20.8 Å². The van der Waals surface area contributed by atoms with E-state index in [2.05, 4.69) is 34.6 Å². The van der Waals surface area contributed by atoms with E-state index in [4.69, 9.17) is 9.47 Å². The molecule has 0 N–H and O–H groups in total. The number of rotatable bonds is 12. The number of ether oxygens (including phenoxy) is 2. The van der Waals surface area contributed by atoms with Crippen LogP contribution in [-0.2, 0) is 9.47 Å². The lowest BCUT2D eigenvalue weighted by atomic mass is 9.77. The minimum atomic E-state index is 0.342. The Kier molecular flexibility index (Phi) is 11.5. The summed E-state index contributed by atoms with van der Waals surface area (Å²) in [7, 11) is 3.60. The van der Waals surface area contributed by atoms with Crippen LogP contribution in [0.25, 0.3) is 0 Å². The highest BCUT2D eigenvalue weighted by molar-refractivity contribution is 4.74. The van der Waals surface area contributed by atoms with Crippen LogP contribution in [0.5, 0.6) is 0 Å². The minimum absolute atomic E-state index is 0.342. The molecule has 0 bridgehead atoms. The molecule has 0 aromatic carbocycles. The molecule has 0 aliphatic carbocycles. The van der Waals surface area contributed by atoms with Crippen molar-refractivity contribution in [2.24, 2.45) is 23.7 Å². The van der Waals surface area contributed by atoms with Crippen molar-refractivity contribution >= 4 is 0 Å². The fourth-order valence-electron chi connectivity index (χ4n) is 3.11. The number of methoxy groups -OCH3 is 2. The highest BCUT2D eigenvalue weighted by Gasteiger charge is 2.24. The molecule has 0 saturated heterocycles. The van der Waals surface area contributed by atoms with Crippen molar-refractivity contribution in [3.05, 3.63) is 0 Å². The van der Waals surface area contributed by atoms with E-state index in [1.165, 1.54) is 25.7 Å². The predicted molar refractivity (Wildman–Crippen MR) is 88.1 cm³/mol. The van der Waals surface area contributed by atoms with Crippen molar-refractivity contribution in [1.29, 1.82) is 0 Å². The normalized spacial score (nSPS) is 16.6. The van der Waals surface area contributed by atoms with E-state index in [0.29, 0.717) is 6.10 Å². The van der Waals surface area contributed by atoms with Crippen LogP contribution < -0.4 is 0 Å². The summed E-state index contributed by atoms with van der Waals surface area (Å²) in [5, 5.41) is 0. The molecular formula is C18H38O2. The van der Waals surface area contributed by atoms with Crippen LogP contribution in [0.15, 0.2) is 0 Å². The van der Waals surface area contributed by atoms with Gasteiger partial charge in [-0.2, -0.15) is 0 Å². The molecule has 0 rings (SSSR count). The lowest BCUT2D eigenvalue weighted by Gasteiger charge is -2.31. The van der Waals surface area contributed by atoms with Gasteiger partial charge in [0.25, 0.3) is 0 Å². The van der Waals surface area contributed by atoms with Gasteiger partial charge in [0.1, 0.15) is 0 Å². The van der Waals surface area contributed by atoms with Crippen LogP contribution in [0, 0.1) is 23.7 Å². The molecule has 122 valence electrons. The van der Waals surface area contributed by atoms with Crippen LogP contribution in [0.2, 0.25) is 0 Å². The third kappa shape index (κ3) is 8.97. The Hall–Kier alpha value is -0.0800. The maximum Gasteiger partial charge on any atom is 0.0596 e. The van der Waals surface area contributed by atoms with Crippen molar-refractivity contribution < 1.29 is 9.47 Å². The first kappa shape index (κ1) is 19.9. The summed E-state index contributed by atoms with van der Waals surface area (Å²) in [6.07, 6.45) is 6.58. The molecule has 0 fully saturated rings. The molecule has 0 spiro atoms. The van der Waals surface area contributed by atoms with Gasteiger partial charge in [0, 0.05) is 20.8 Å². The molecule has 0 aromatic rings. The monoisotopic (exact) mass is 286 g/mol. The van der Waals surface area contributed by atoms with Gasteiger partial charge in [0.05, 0.1) is 6.10 Å². The van der Waals surface area contributed by atoms with Gasteiger partial charge in [-0.3, -0.25) is 0 Å². The third-order valence-electron chi connectivity index (χ3n) is 4.54. The first-order chi connectivity index (χ1) is 9.42. The molecule has 3 atom stereocenters. The second-order valence-electron chi connectivity index (χ2n) is 7.08. The maximum absolute atomic E-state index is 5.65. The van der Waals surface area contributed by atoms with Gasteiger partial charge in [-0.05, 0) is 36.5 Å². The SMILES string of the molecule is COCCC(CC(C(C)C)C(C)CCCC(C)C)OC. The van der Waals surface area contributed by atoms with Crippen LogP contribution in [0.1, 0.15) is 66.7 Å². The second kappa shape index (κ2) is 11.6. The Bertz CT molecular complexity index is 213. The first-order valence-electron chi connectivity index (χ1n) is 8.44. The second-order valence-corrected chi connectivity index (χ2v) is 7.08. The zero-order valence-electron chi connectivity index (χ0n) is 14.9. The zero-order chi connectivity index (χ0) is 15.5. The van der Waals surface area contributed by atoms with Gasteiger partial charge in [-0.1, -0.05) is 53.9 Å². The van der Waals surface area contributed by atoms with Gasteiger partial charge in [0.2, 0.25) is 0 Å². The summed E-state index contributed by atoms with van der Waals surface area (Å²) in [6, 6.07) is 0. The Labute approximate surface area is 127 Å². The molecule has 20 heavy (non-hydrogen) atoms. The van der Waals surface area contributed by atoms with Crippen molar-refractivity contribution in [2.45, 2.75) is 72.8 Å². The Balaban J connectivity index is 4.30. The topological polar surface area (TPSA) is 18.5 Å². The summed E-state index contributed by atoms with van der Waals surface area (Å²) < 4.78 is 10.8. The van der Waals surface area contributed by atoms with Crippen molar-refractivity contribution in [1.82, 2.24) is 0 Å². The van der Waals surface area contributed by atoms with E-state index in [9.17, 15) is 0 Å². The van der Waals surface area contributed by atoms with Gasteiger partial charge in [-0.25, -0.2) is 0 Å². The Morgan fingerprint density at radius 1 is 0.850 bits per heavy atom. The molecule has 2 nitrogen and oxygen atoms in total. The van der Waals surface area contributed by atoms with E-state index in [1.54, 1.807) is 7.11 Å². The average molecular weight is 286 g/mol. The lowest BCUT2D eigenvalue weighted by molar-refractivity contribution is 0.0336. The first-order valence-corrected chi connectivity index (χ1v) is 8.44. The van der Waals surface area contributed by atoms with E-state index < -0.39 is 0 Å². The van der Waals surface area contributed by atoms with Gasteiger partial charge in [0.15, 0.2) is 0 Å². The summed E-state index contributed by atoms with van der Waals surface area (Å²) in [4.78, 5) is 0.